The lowest BCUT2D eigenvalue weighted by Gasteiger charge is -2.22. The third-order valence-electron chi connectivity index (χ3n) is 3.27. The van der Waals surface area contributed by atoms with E-state index in [1.165, 1.54) is 11.2 Å². The van der Waals surface area contributed by atoms with Gasteiger partial charge < -0.3 is 10.6 Å². The Labute approximate surface area is 143 Å². The van der Waals surface area contributed by atoms with Crippen molar-refractivity contribution in [3.05, 3.63) is 24.3 Å². The number of nitrogens with one attached hydrogen (secondary N) is 2. The maximum Gasteiger partial charge on any atom is 0.232 e. The van der Waals surface area contributed by atoms with Crippen LogP contribution in [0.25, 0.3) is 0 Å². The molecular formula is C16H25N3O4S. The van der Waals surface area contributed by atoms with Gasteiger partial charge >= 0.3 is 0 Å². The van der Waals surface area contributed by atoms with Crippen molar-refractivity contribution in [2.75, 3.05) is 29.0 Å². The normalized spacial score (nSPS) is 11.0. The summed E-state index contributed by atoms with van der Waals surface area (Å²) in [6.45, 7) is 4.09. The van der Waals surface area contributed by atoms with Crippen LogP contribution in [0.5, 0.6) is 0 Å². The highest BCUT2D eigenvalue weighted by Gasteiger charge is 2.18. The molecule has 1 rings (SSSR count). The van der Waals surface area contributed by atoms with Crippen molar-refractivity contribution in [2.24, 2.45) is 0 Å². The largest absolute Gasteiger partial charge is 0.356 e. The van der Waals surface area contributed by atoms with Gasteiger partial charge in [0.15, 0.2) is 0 Å². The number of anilines is 2. The molecule has 0 aliphatic heterocycles. The highest BCUT2D eigenvalue weighted by atomic mass is 32.2. The summed E-state index contributed by atoms with van der Waals surface area (Å²) in [4.78, 5) is 22.8. The number of amides is 2. The van der Waals surface area contributed by atoms with Crippen LogP contribution in [-0.4, -0.2) is 39.6 Å². The van der Waals surface area contributed by atoms with E-state index >= 15 is 0 Å². The fourth-order valence-corrected chi connectivity index (χ4v) is 3.02. The molecule has 24 heavy (non-hydrogen) atoms. The van der Waals surface area contributed by atoms with E-state index in [-0.39, 0.29) is 24.8 Å². The molecule has 0 aromatic heterocycles. The van der Waals surface area contributed by atoms with E-state index in [4.69, 9.17) is 0 Å². The molecule has 0 atom stereocenters. The van der Waals surface area contributed by atoms with Crippen LogP contribution < -0.4 is 14.9 Å². The molecule has 0 aliphatic carbocycles. The molecule has 0 unspecified atom stereocenters. The summed E-state index contributed by atoms with van der Waals surface area (Å²) >= 11 is 0. The molecule has 1 aromatic carbocycles. The van der Waals surface area contributed by atoms with Crippen molar-refractivity contribution in [2.45, 2.75) is 33.1 Å². The maximum absolute atomic E-state index is 12.0. The molecule has 0 fully saturated rings. The standard InChI is InChI=1S/C16H25N3O4S/c1-4-5-11-17-16(21)10-12-19(24(3,22)23)15-8-6-14(7-9-15)18-13(2)20/h6-9H,4-5,10-12H2,1-3H3,(H,17,21)(H,18,20). The molecule has 8 heteroatoms. The van der Waals surface area contributed by atoms with Crippen molar-refractivity contribution in [3.63, 3.8) is 0 Å². The third kappa shape index (κ3) is 6.99. The van der Waals surface area contributed by atoms with Gasteiger partial charge in [-0.2, -0.15) is 0 Å². The summed E-state index contributed by atoms with van der Waals surface area (Å²) in [5.74, 6) is -0.376. The molecule has 0 radical (unpaired) electrons. The molecule has 1 aromatic rings. The average Bonchev–Trinajstić information content (AvgIpc) is 2.47. The van der Waals surface area contributed by atoms with Gasteiger partial charge in [0.05, 0.1) is 11.9 Å². The Bertz CT molecular complexity index is 656. The van der Waals surface area contributed by atoms with Crippen LogP contribution in [-0.2, 0) is 19.6 Å². The van der Waals surface area contributed by atoms with E-state index in [1.807, 2.05) is 6.92 Å². The predicted octanol–water partition coefficient (Wildman–Crippen LogP) is 1.72. The lowest BCUT2D eigenvalue weighted by Crippen LogP contribution is -2.34. The Hall–Kier alpha value is -2.09. The van der Waals surface area contributed by atoms with E-state index < -0.39 is 10.0 Å². The summed E-state index contributed by atoms with van der Waals surface area (Å²) < 4.78 is 25.2. The number of hydrogen-bond donors (Lipinski definition) is 2. The van der Waals surface area contributed by atoms with Gasteiger partial charge in [-0.25, -0.2) is 8.42 Å². The van der Waals surface area contributed by atoms with Crippen LogP contribution in [0, 0.1) is 0 Å². The molecule has 0 aliphatic rings. The fourth-order valence-electron chi connectivity index (χ4n) is 2.10. The lowest BCUT2D eigenvalue weighted by molar-refractivity contribution is -0.120. The number of unbranched alkanes of at least 4 members (excludes halogenated alkanes) is 1. The molecule has 2 amide bonds. The van der Waals surface area contributed by atoms with Crippen molar-refractivity contribution in [3.8, 4) is 0 Å². The van der Waals surface area contributed by atoms with E-state index in [0.717, 1.165) is 19.1 Å². The van der Waals surface area contributed by atoms with Gasteiger partial charge in [0.25, 0.3) is 0 Å². The van der Waals surface area contributed by atoms with Crippen LogP contribution in [0.1, 0.15) is 33.1 Å². The van der Waals surface area contributed by atoms with Gasteiger partial charge in [-0.15, -0.1) is 0 Å². The minimum absolute atomic E-state index is 0.0657. The van der Waals surface area contributed by atoms with Crippen molar-refractivity contribution < 1.29 is 18.0 Å². The van der Waals surface area contributed by atoms with Gasteiger partial charge in [-0.05, 0) is 30.7 Å². The van der Waals surface area contributed by atoms with Crippen LogP contribution in [0.3, 0.4) is 0 Å². The second-order valence-corrected chi connectivity index (χ2v) is 7.42. The molecule has 0 bridgehead atoms. The lowest BCUT2D eigenvalue weighted by atomic mass is 10.2. The Morgan fingerprint density at radius 3 is 2.29 bits per heavy atom. The first kappa shape index (κ1) is 20.0. The van der Waals surface area contributed by atoms with Gasteiger partial charge in [0.1, 0.15) is 0 Å². The zero-order chi connectivity index (χ0) is 18.2. The molecule has 2 N–H and O–H groups in total. The zero-order valence-electron chi connectivity index (χ0n) is 14.3. The van der Waals surface area contributed by atoms with Crippen LogP contribution in [0.4, 0.5) is 11.4 Å². The number of carbonyl (C=O) groups excluding carboxylic acids is 2. The Balaban J connectivity index is 2.76. The van der Waals surface area contributed by atoms with Gasteiger partial charge in [0, 0.05) is 32.1 Å². The number of benzene rings is 1. The average molecular weight is 355 g/mol. The molecule has 0 saturated heterocycles. The minimum Gasteiger partial charge on any atom is -0.356 e. The third-order valence-corrected chi connectivity index (χ3v) is 4.46. The van der Waals surface area contributed by atoms with Crippen LogP contribution in [0.2, 0.25) is 0 Å². The van der Waals surface area contributed by atoms with E-state index in [2.05, 4.69) is 10.6 Å². The highest BCUT2D eigenvalue weighted by molar-refractivity contribution is 7.92. The van der Waals surface area contributed by atoms with E-state index in [9.17, 15) is 18.0 Å². The Morgan fingerprint density at radius 2 is 1.79 bits per heavy atom. The predicted molar refractivity (Wildman–Crippen MR) is 95.5 cm³/mol. The smallest absolute Gasteiger partial charge is 0.232 e. The number of sulfonamides is 1. The fraction of sp³-hybridized carbons (Fsp3) is 0.500. The molecule has 0 heterocycles. The molecule has 0 spiro atoms. The summed E-state index contributed by atoms with van der Waals surface area (Å²) in [5, 5.41) is 5.38. The Morgan fingerprint density at radius 1 is 1.17 bits per heavy atom. The summed E-state index contributed by atoms with van der Waals surface area (Å²) in [6.07, 6.45) is 3.07. The summed E-state index contributed by atoms with van der Waals surface area (Å²) in [7, 11) is -3.51. The first-order chi connectivity index (χ1) is 11.2. The van der Waals surface area contributed by atoms with Gasteiger partial charge in [0.2, 0.25) is 21.8 Å². The summed E-state index contributed by atoms with van der Waals surface area (Å²) in [6, 6.07) is 6.44. The van der Waals surface area contributed by atoms with Crippen molar-refractivity contribution in [1.29, 1.82) is 0 Å². The topological polar surface area (TPSA) is 95.6 Å². The second kappa shape index (κ2) is 9.27. The quantitative estimate of drug-likeness (QED) is 0.659. The van der Waals surface area contributed by atoms with E-state index in [0.29, 0.717) is 17.9 Å². The molecule has 134 valence electrons. The SMILES string of the molecule is CCCCNC(=O)CCN(c1ccc(NC(C)=O)cc1)S(C)(=O)=O. The van der Waals surface area contributed by atoms with Gasteiger partial charge in [-0.1, -0.05) is 13.3 Å². The molecule has 0 saturated carbocycles. The molecular weight excluding hydrogens is 330 g/mol. The zero-order valence-corrected chi connectivity index (χ0v) is 15.1. The maximum atomic E-state index is 12.0. The van der Waals surface area contributed by atoms with Crippen molar-refractivity contribution in [1.82, 2.24) is 5.32 Å². The second-order valence-electron chi connectivity index (χ2n) is 5.52. The Kier molecular flexibility index (Phi) is 7.70. The monoisotopic (exact) mass is 355 g/mol. The highest BCUT2D eigenvalue weighted by Crippen LogP contribution is 2.20. The van der Waals surface area contributed by atoms with Gasteiger partial charge in [-0.3, -0.25) is 13.9 Å². The van der Waals surface area contributed by atoms with E-state index in [1.54, 1.807) is 24.3 Å². The minimum atomic E-state index is -3.51. The number of carbonyl (C=O) groups is 2. The number of nitrogens with zero attached hydrogens (tertiary/aromatic N) is 1. The van der Waals surface area contributed by atoms with Crippen molar-refractivity contribution >= 4 is 33.2 Å². The first-order valence-electron chi connectivity index (χ1n) is 7.86. The number of rotatable bonds is 9. The van der Waals surface area contributed by atoms with Crippen LogP contribution >= 0.6 is 0 Å². The summed E-state index contributed by atoms with van der Waals surface area (Å²) in [5.41, 5.74) is 1.03. The molecule has 7 nitrogen and oxygen atoms in total. The van der Waals surface area contributed by atoms with Crippen LogP contribution in [0.15, 0.2) is 24.3 Å². The first-order valence-corrected chi connectivity index (χ1v) is 9.71. The number of hydrogen-bond acceptors (Lipinski definition) is 4.